The van der Waals surface area contributed by atoms with Crippen molar-refractivity contribution in [3.05, 3.63) is 0 Å². The Balaban J connectivity index is 0. The smallest absolute Gasteiger partial charge is 0.316 e. The van der Waals surface area contributed by atoms with Crippen LogP contribution in [0.4, 0.5) is 0 Å². The summed E-state index contributed by atoms with van der Waals surface area (Å²) in [6.07, 6.45) is 0. The Morgan fingerprint density at radius 3 is 1.00 bits per heavy atom. The van der Waals surface area contributed by atoms with Crippen LogP contribution in [0.3, 0.4) is 0 Å². The van der Waals surface area contributed by atoms with E-state index >= 15 is 0 Å². The van der Waals surface area contributed by atoms with Crippen molar-refractivity contribution in [2.24, 2.45) is 0 Å². The molecule has 5 heteroatoms. The van der Waals surface area contributed by atoms with Gasteiger partial charge in [0.05, 0.1) is 0 Å². The molecule has 3 nitrogen and oxygen atoms in total. The molecule has 0 spiro atoms. The fourth-order valence-electron chi connectivity index (χ4n) is 0. The predicted molar refractivity (Wildman–Crippen MR) is 34.0 cm³/mol. The first-order valence-corrected chi connectivity index (χ1v) is 4.48. The van der Waals surface area contributed by atoms with Gasteiger partial charge in [-0.25, -0.2) is 0 Å². The summed E-state index contributed by atoms with van der Waals surface area (Å²) < 4.78 is 0. The van der Waals surface area contributed by atoms with Crippen LogP contribution in [0.15, 0.2) is 0 Å². The second-order valence-corrected chi connectivity index (χ2v) is 5.75. The Kier molecular flexibility index (Phi) is 3.33. The molecular weight excluding hydrogens is 127 g/mol. The average molecular weight is 138 g/mol. The maximum Gasteiger partial charge on any atom is 0.316 e. The summed E-state index contributed by atoms with van der Waals surface area (Å²) in [6, 6.07) is 0. The molecule has 0 saturated heterocycles. The fourth-order valence-corrected chi connectivity index (χ4v) is 0. The summed E-state index contributed by atoms with van der Waals surface area (Å²) in [7, 11) is -4.05. The third-order valence-corrected chi connectivity index (χ3v) is 0. The molecule has 0 rings (SSSR count). The van der Waals surface area contributed by atoms with Crippen LogP contribution >= 0.6 is 7.28 Å². The van der Waals surface area contributed by atoms with Gasteiger partial charge in [-0.3, -0.25) is 0 Å². The van der Waals surface area contributed by atoms with Gasteiger partial charge < -0.3 is 0 Å². The van der Waals surface area contributed by atoms with E-state index in [0.717, 1.165) is 13.3 Å². The van der Waals surface area contributed by atoms with E-state index in [1.165, 1.54) is 0 Å². The second-order valence-electron chi connectivity index (χ2n) is 1.92. The number of hydrogen-bond donors (Lipinski definition) is 3. The molecule has 0 aromatic carbocycles. The van der Waals surface area contributed by atoms with Crippen molar-refractivity contribution in [3.63, 3.8) is 0 Å². The largest absolute Gasteiger partial charge is 0.316 e. The van der Waals surface area contributed by atoms with E-state index in [-0.39, 0.29) is 23.1 Å². The molecular formula is C2H11MgO3P. The third kappa shape index (κ3) is 157. The Bertz CT molecular complexity index is 46.1. The van der Waals surface area contributed by atoms with Crippen molar-refractivity contribution in [1.82, 2.24) is 0 Å². The van der Waals surface area contributed by atoms with E-state index in [1.54, 1.807) is 0 Å². The van der Waals surface area contributed by atoms with Crippen molar-refractivity contribution < 1.29 is 14.7 Å². The van der Waals surface area contributed by atoms with Gasteiger partial charge in [0, 0.05) is 0 Å². The summed E-state index contributed by atoms with van der Waals surface area (Å²) >= 11 is 0. The Hall–Kier alpha value is 1.08. The predicted octanol–water partition coefficient (Wildman–Crippen LogP) is -1.40. The van der Waals surface area contributed by atoms with Crippen LogP contribution < -0.4 is 0 Å². The van der Waals surface area contributed by atoms with Gasteiger partial charge >= 0.3 is 58.3 Å². The molecule has 0 aromatic rings. The van der Waals surface area contributed by atoms with Crippen LogP contribution in [0.2, 0.25) is 0 Å². The minimum atomic E-state index is -4.05. The molecule has 0 aliphatic rings. The van der Waals surface area contributed by atoms with E-state index in [2.05, 4.69) is 0 Å². The summed E-state index contributed by atoms with van der Waals surface area (Å²) in [6.45, 7) is 2.01. The molecule has 0 saturated carbocycles. The molecule has 7 heavy (non-hydrogen) atoms. The monoisotopic (exact) mass is 138 g/mol. The van der Waals surface area contributed by atoms with Gasteiger partial charge in [-0.1, -0.05) is 0 Å². The standard InChI is InChI=1S/C2H9O3P.Mg.2H/c1-6(2,3,4)5;;;/h3-5H,1-2H3;;;. The molecule has 0 aromatic heterocycles. The topological polar surface area (TPSA) is 60.7 Å². The fraction of sp³-hybridized carbons (Fsp3) is 1.00. The van der Waals surface area contributed by atoms with E-state index in [4.69, 9.17) is 14.7 Å². The quantitative estimate of drug-likeness (QED) is 0.285. The van der Waals surface area contributed by atoms with Gasteiger partial charge in [0.2, 0.25) is 0 Å². The molecule has 0 atom stereocenters. The first-order valence-electron chi connectivity index (χ1n) is 1.49. The first kappa shape index (κ1) is 11.0. The Labute approximate surface area is 58.7 Å². The molecule has 3 N–H and O–H groups in total. The van der Waals surface area contributed by atoms with Crippen LogP contribution in [0.5, 0.6) is 0 Å². The number of rotatable bonds is 0. The maximum absolute atomic E-state index is 8.23. The molecule has 0 aliphatic carbocycles. The van der Waals surface area contributed by atoms with Crippen LogP contribution in [-0.4, -0.2) is 51.1 Å². The van der Waals surface area contributed by atoms with Crippen LogP contribution in [0.25, 0.3) is 0 Å². The van der Waals surface area contributed by atoms with Crippen molar-refractivity contribution in [1.29, 1.82) is 0 Å². The molecule has 0 aliphatic heterocycles. The van der Waals surface area contributed by atoms with Crippen molar-refractivity contribution in [3.8, 4) is 0 Å². The van der Waals surface area contributed by atoms with Crippen molar-refractivity contribution in [2.75, 3.05) is 13.3 Å². The molecule has 44 valence electrons. The zero-order valence-electron chi connectivity index (χ0n) is 3.79. The molecule has 0 unspecified atom stereocenters. The molecule has 0 amide bonds. The van der Waals surface area contributed by atoms with Gasteiger partial charge in [0.25, 0.3) is 0 Å². The Morgan fingerprint density at radius 2 is 1.00 bits per heavy atom. The van der Waals surface area contributed by atoms with Crippen LogP contribution in [-0.2, 0) is 0 Å². The molecule has 0 radical (unpaired) electrons. The number of hydrogen-bond acceptors (Lipinski definition) is 3. The minimum Gasteiger partial charge on any atom is 0.316 e. The van der Waals surface area contributed by atoms with Gasteiger partial charge in [0.1, 0.15) is 0 Å². The van der Waals surface area contributed by atoms with Crippen LogP contribution in [0, 0.1) is 0 Å². The zero-order valence-corrected chi connectivity index (χ0v) is 4.68. The average Bonchev–Trinajstić information content (AvgIpc) is 0.650. The Morgan fingerprint density at radius 1 is 1.00 bits per heavy atom. The van der Waals surface area contributed by atoms with E-state index in [0.29, 0.717) is 0 Å². The molecule has 0 heterocycles. The van der Waals surface area contributed by atoms with Crippen molar-refractivity contribution >= 4 is 30.3 Å². The van der Waals surface area contributed by atoms with E-state index in [9.17, 15) is 0 Å². The summed E-state index contributed by atoms with van der Waals surface area (Å²) in [4.78, 5) is 24.7. The van der Waals surface area contributed by atoms with Crippen molar-refractivity contribution in [2.45, 2.75) is 0 Å². The summed E-state index contributed by atoms with van der Waals surface area (Å²) in [5, 5.41) is 0. The maximum atomic E-state index is 8.23. The van der Waals surface area contributed by atoms with Gasteiger partial charge in [-0.05, 0) is 0 Å². The van der Waals surface area contributed by atoms with E-state index < -0.39 is 7.28 Å². The normalized spacial score (nSPS) is 16.4. The zero-order chi connectivity index (χ0) is 5.45. The van der Waals surface area contributed by atoms with Gasteiger partial charge in [-0.15, -0.1) is 0 Å². The van der Waals surface area contributed by atoms with Crippen LogP contribution in [0.1, 0.15) is 0 Å². The molecule has 0 fully saturated rings. The molecule has 0 bridgehead atoms. The third-order valence-electron chi connectivity index (χ3n) is 0. The SMILES string of the molecule is CP(C)(O)(O)O.[MgH2]. The summed E-state index contributed by atoms with van der Waals surface area (Å²) in [5.74, 6) is 0. The van der Waals surface area contributed by atoms with Gasteiger partial charge in [-0.2, -0.15) is 0 Å². The van der Waals surface area contributed by atoms with Gasteiger partial charge in [0.15, 0.2) is 0 Å². The van der Waals surface area contributed by atoms with E-state index in [1.807, 2.05) is 0 Å². The summed E-state index contributed by atoms with van der Waals surface area (Å²) in [5.41, 5.74) is 0. The first-order chi connectivity index (χ1) is 2.24. The minimum absolute atomic E-state index is 0. The second kappa shape index (κ2) is 2.13.